The first-order valence-electron chi connectivity index (χ1n) is 10.5. The topological polar surface area (TPSA) is 64.4 Å². The molecule has 0 atom stereocenters. The summed E-state index contributed by atoms with van der Waals surface area (Å²) < 4.78 is 7.57. The number of aromatic carboxylic acids is 1. The Morgan fingerprint density at radius 2 is 1.87 bits per heavy atom. The van der Waals surface area contributed by atoms with Gasteiger partial charge in [-0.3, -0.25) is 4.57 Å². The Balaban J connectivity index is 1.85. The summed E-state index contributed by atoms with van der Waals surface area (Å²) in [6.07, 6.45) is 3.04. The van der Waals surface area contributed by atoms with Crippen LogP contribution in [0.25, 0.3) is 27.8 Å². The van der Waals surface area contributed by atoms with Crippen LogP contribution in [0, 0.1) is 6.92 Å². The number of carboxylic acids is 1. The van der Waals surface area contributed by atoms with E-state index in [0.717, 1.165) is 64.2 Å². The van der Waals surface area contributed by atoms with Gasteiger partial charge in [-0.1, -0.05) is 37.6 Å². The molecule has 4 aromatic rings. The molecule has 0 aliphatic rings. The van der Waals surface area contributed by atoms with Gasteiger partial charge in [0.05, 0.1) is 23.7 Å². The first-order chi connectivity index (χ1) is 15.0. The third kappa shape index (κ3) is 3.91. The van der Waals surface area contributed by atoms with E-state index < -0.39 is 5.97 Å². The minimum absolute atomic E-state index is 0.308. The fraction of sp³-hybridized carbons (Fsp3) is 0.231. The highest BCUT2D eigenvalue weighted by molar-refractivity contribution is 5.96. The maximum Gasteiger partial charge on any atom is 0.336 e. The predicted octanol–water partition coefficient (Wildman–Crippen LogP) is 6.05. The molecule has 1 aromatic heterocycles. The zero-order valence-corrected chi connectivity index (χ0v) is 18.1. The van der Waals surface area contributed by atoms with Crippen LogP contribution in [-0.4, -0.2) is 27.7 Å². The van der Waals surface area contributed by atoms with Crippen LogP contribution in [0.1, 0.15) is 41.5 Å². The number of imidazole rings is 1. The number of ether oxygens (including phenoxy) is 1. The van der Waals surface area contributed by atoms with Crippen LogP contribution in [0.2, 0.25) is 0 Å². The number of nitrogens with zero attached hydrogens (tertiary/aromatic N) is 2. The molecule has 1 heterocycles. The highest BCUT2D eigenvalue weighted by Gasteiger charge is 2.16. The standard InChI is InChI=1S/C26H26N2O3/c1-4-5-10-25-27-23-16-19(31-3)12-14-24(23)28(25)18-11-13-20(17(2)15-18)21-8-6-7-9-22(21)26(29)30/h6-9,11-16H,4-5,10H2,1-3H3,(H,29,30). The van der Waals surface area contributed by atoms with E-state index in [1.165, 1.54) is 0 Å². The van der Waals surface area contributed by atoms with Crippen molar-refractivity contribution in [2.75, 3.05) is 7.11 Å². The van der Waals surface area contributed by atoms with Crippen molar-refractivity contribution in [2.45, 2.75) is 33.1 Å². The molecule has 0 spiro atoms. The minimum Gasteiger partial charge on any atom is -0.497 e. The molecule has 0 fully saturated rings. The zero-order chi connectivity index (χ0) is 22.0. The van der Waals surface area contributed by atoms with Crippen molar-refractivity contribution in [3.63, 3.8) is 0 Å². The van der Waals surface area contributed by atoms with Gasteiger partial charge in [-0.15, -0.1) is 0 Å². The summed E-state index contributed by atoms with van der Waals surface area (Å²) >= 11 is 0. The highest BCUT2D eigenvalue weighted by atomic mass is 16.5. The van der Waals surface area contributed by atoms with Gasteiger partial charge in [0.1, 0.15) is 11.6 Å². The molecule has 5 nitrogen and oxygen atoms in total. The molecule has 5 heteroatoms. The van der Waals surface area contributed by atoms with E-state index >= 15 is 0 Å². The van der Waals surface area contributed by atoms with Gasteiger partial charge < -0.3 is 9.84 Å². The molecule has 0 saturated heterocycles. The molecule has 31 heavy (non-hydrogen) atoms. The smallest absolute Gasteiger partial charge is 0.336 e. The largest absolute Gasteiger partial charge is 0.497 e. The number of rotatable bonds is 7. The zero-order valence-electron chi connectivity index (χ0n) is 18.1. The van der Waals surface area contributed by atoms with Gasteiger partial charge in [-0.2, -0.15) is 0 Å². The molecule has 158 valence electrons. The van der Waals surface area contributed by atoms with Crippen molar-refractivity contribution in [1.29, 1.82) is 0 Å². The number of fused-ring (bicyclic) bond motifs is 1. The van der Waals surface area contributed by atoms with Crippen molar-refractivity contribution < 1.29 is 14.6 Å². The van der Waals surface area contributed by atoms with Gasteiger partial charge in [0, 0.05) is 18.2 Å². The fourth-order valence-corrected chi connectivity index (χ4v) is 4.02. The summed E-state index contributed by atoms with van der Waals surface area (Å²) in [5, 5.41) is 9.58. The monoisotopic (exact) mass is 414 g/mol. The molecule has 0 saturated carbocycles. The summed E-state index contributed by atoms with van der Waals surface area (Å²) in [6, 6.07) is 19.2. The third-order valence-corrected chi connectivity index (χ3v) is 5.60. The lowest BCUT2D eigenvalue weighted by Crippen LogP contribution is -2.03. The first kappa shape index (κ1) is 20.7. The van der Waals surface area contributed by atoms with Crippen LogP contribution in [0.15, 0.2) is 60.7 Å². The lowest BCUT2D eigenvalue weighted by Gasteiger charge is -2.14. The lowest BCUT2D eigenvalue weighted by molar-refractivity contribution is 0.0697. The van der Waals surface area contributed by atoms with Crippen LogP contribution in [0.4, 0.5) is 0 Å². The Labute approximate surface area is 181 Å². The Bertz CT molecular complexity index is 1260. The number of aromatic nitrogens is 2. The molecule has 0 unspecified atom stereocenters. The van der Waals surface area contributed by atoms with E-state index in [2.05, 4.69) is 17.6 Å². The third-order valence-electron chi connectivity index (χ3n) is 5.60. The van der Waals surface area contributed by atoms with Crippen LogP contribution >= 0.6 is 0 Å². The van der Waals surface area contributed by atoms with Crippen molar-refractivity contribution in [3.05, 3.63) is 77.6 Å². The summed E-state index contributed by atoms with van der Waals surface area (Å²) in [5.74, 6) is 0.884. The van der Waals surface area contributed by atoms with E-state index in [1.807, 2.05) is 49.4 Å². The average molecular weight is 415 g/mol. The maximum atomic E-state index is 11.7. The van der Waals surface area contributed by atoms with E-state index in [4.69, 9.17) is 9.72 Å². The summed E-state index contributed by atoms with van der Waals surface area (Å²) in [7, 11) is 1.66. The number of hydrogen-bond donors (Lipinski definition) is 1. The fourth-order valence-electron chi connectivity index (χ4n) is 4.02. The quantitative estimate of drug-likeness (QED) is 0.400. The number of carbonyl (C=O) groups is 1. The van der Waals surface area contributed by atoms with Crippen molar-refractivity contribution in [3.8, 4) is 22.6 Å². The van der Waals surface area contributed by atoms with Gasteiger partial charge in [0.2, 0.25) is 0 Å². The van der Waals surface area contributed by atoms with E-state index in [9.17, 15) is 9.90 Å². The Morgan fingerprint density at radius 1 is 1.06 bits per heavy atom. The summed E-state index contributed by atoms with van der Waals surface area (Å²) in [4.78, 5) is 16.6. The Hall–Kier alpha value is -3.60. The second-order valence-electron chi connectivity index (χ2n) is 7.67. The molecular formula is C26H26N2O3. The molecule has 0 radical (unpaired) electrons. The molecule has 0 aliphatic heterocycles. The molecule has 0 amide bonds. The molecule has 0 aliphatic carbocycles. The average Bonchev–Trinajstić information content (AvgIpc) is 3.14. The van der Waals surface area contributed by atoms with Crippen LogP contribution in [0.5, 0.6) is 5.75 Å². The number of unbranched alkanes of at least 4 members (excludes halogenated alkanes) is 1. The predicted molar refractivity (Wildman–Crippen MR) is 123 cm³/mol. The lowest BCUT2D eigenvalue weighted by atomic mass is 9.95. The van der Waals surface area contributed by atoms with Crippen molar-refractivity contribution in [2.24, 2.45) is 0 Å². The molecular weight excluding hydrogens is 388 g/mol. The molecule has 4 rings (SSSR count). The van der Waals surface area contributed by atoms with Gasteiger partial charge in [0.25, 0.3) is 0 Å². The van der Waals surface area contributed by atoms with E-state index in [-0.39, 0.29) is 0 Å². The number of hydrogen-bond acceptors (Lipinski definition) is 3. The molecule has 3 aromatic carbocycles. The number of methoxy groups -OCH3 is 1. The Kier molecular flexibility index (Phi) is 5.76. The molecule has 1 N–H and O–H groups in total. The number of aryl methyl sites for hydroxylation is 2. The molecule has 0 bridgehead atoms. The van der Waals surface area contributed by atoms with Crippen LogP contribution in [0.3, 0.4) is 0 Å². The maximum absolute atomic E-state index is 11.7. The summed E-state index contributed by atoms with van der Waals surface area (Å²) in [5.41, 5.74) is 5.93. The first-order valence-corrected chi connectivity index (χ1v) is 10.5. The highest BCUT2D eigenvalue weighted by Crippen LogP contribution is 2.31. The van der Waals surface area contributed by atoms with Gasteiger partial charge >= 0.3 is 5.97 Å². The van der Waals surface area contributed by atoms with Gasteiger partial charge in [-0.05, 0) is 60.4 Å². The van der Waals surface area contributed by atoms with E-state index in [1.54, 1.807) is 19.2 Å². The minimum atomic E-state index is -0.921. The SMILES string of the molecule is CCCCc1nc2cc(OC)ccc2n1-c1ccc(-c2ccccc2C(=O)O)c(C)c1. The van der Waals surface area contributed by atoms with Crippen molar-refractivity contribution in [1.82, 2.24) is 9.55 Å². The number of benzene rings is 3. The van der Waals surface area contributed by atoms with Crippen LogP contribution < -0.4 is 4.74 Å². The van der Waals surface area contributed by atoms with Crippen LogP contribution in [-0.2, 0) is 6.42 Å². The number of carboxylic acid groups (broad SMARTS) is 1. The normalized spacial score (nSPS) is 11.1. The second kappa shape index (κ2) is 8.64. The second-order valence-corrected chi connectivity index (χ2v) is 7.67. The van der Waals surface area contributed by atoms with Crippen molar-refractivity contribution >= 4 is 17.0 Å². The van der Waals surface area contributed by atoms with E-state index in [0.29, 0.717) is 5.56 Å². The summed E-state index contributed by atoms with van der Waals surface area (Å²) in [6.45, 7) is 4.19. The van der Waals surface area contributed by atoms with Gasteiger partial charge in [0.15, 0.2) is 0 Å². The van der Waals surface area contributed by atoms with Gasteiger partial charge in [-0.25, -0.2) is 9.78 Å². The Morgan fingerprint density at radius 3 is 2.58 bits per heavy atom.